The SMILES string of the molecule is Cc1c(Cl)c2c(Cl)c(C)c1-c1c(-c3ccc(F)cc3)sc3ncnc(c13)O[C@@H](C(=O)O)Cc1cc(ccc1OCc1ccnc(C3=CC[C@@](F)(COC[C@H]4COCCO4)CC3)n1)OC[C@@H](CN1CCN(C)CC1)C2. The molecule has 6 aromatic rings. The van der Waals surface area contributed by atoms with Crippen LogP contribution in [0.3, 0.4) is 0 Å². The summed E-state index contributed by atoms with van der Waals surface area (Å²) >= 11 is 16.3. The van der Waals surface area contributed by atoms with E-state index < -0.39 is 23.6 Å². The van der Waals surface area contributed by atoms with Gasteiger partial charge in [0.1, 0.15) is 46.9 Å². The van der Waals surface area contributed by atoms with Crippen LogP contribution in [0.15, 0.2) is 67.1 Å². The number of likely N-dealkylation sites (N-methyl/N-ethyl adjacent to an activating group) is 1. The van der Waals surface area contributed by atoms with Gasteiger partial charge in [-0.1, -0.05) is 41.4 Å². The van der Waals surface area contributed by atoms with Crippen LogP contribution >= 0.6 is 34.5 Å². The number of ether oxygens (including phenoxy) is 6. The van der Waals surface area contributed by atoms with Crippen LogP contribution in [-0.2, 0) is 38.5 Å². The molecule has 4 aliphatic heterocycles. The average Bonchev–Trinajstić information content (AvgIpc) is 3.79. The van der Waals surface area contributed by atoms with E-state index in [4.69, 9.17) is 56.6 Å². The molecule has 4 bridgehead atoms. The molecule has 0 unspecified atom stereocenters. The molecule has 0 spiro atoms. The Balaban J connectivity index is 0.982. The summed E-state index contributed by atoms with van der Waals surface area (Å²) in [6.45, 7) is 10.3. The molecule has 7 heterocycles. The number of hydrogen-bond acceptors (Lipinski definition) is 14. The zero-order valence-electron chi connectivity index (χ0n) is 41.5. The van der Waals surface area contributed by atoms with Gasteiger partial charge in [0.2, 0.25) is 12.0 Å². The van der Waals surface area contributed by atoms with Crippen LogP contribution in [0.25, 0.3) is 37.4 Å². The van der Waals surface area contributed by atoms with Crippen molar-refractivity contribution in [1.82, 2.24) is 29.7 Å². The van der Waals surface area contributed by atoms with E-state index in [1.807, 2.05) is 26.0 Å². The number of carboxylic acids is 1. The van der Waals surface area contributed by atoms with Gasteiger partial charge in [0, 0.05) is 83.7 Å². The van der Waals surface area contributed by atoms with Crippen LogP contribution in [0.5, 0.6) is 17.4 Å². The molecule has 2 fully saturated rings. The molecule has 1 aliphatic carbocycles. The quantitative estimate of drug-likeness (QED) is 0.124. The minimum Gasteiger partial charge on any atom is -0.493 e. The molecule has 0 radical (unpaired) electrons. The minimum atomic E-state index is -1.52. The predicted octanol–water partition coefficient (Wildman–Crippen LogP) is 10.0. The topological polar surface area (TPSA) is 151 Å². The van der Waals surface area contributed by atoms with Gasteiger partial charge < -0.3 is 43.3 Å². The van der Waals surface area contributed by atoms with E-state index in [1.54, 1.807) is 36.5 Å². The number of nitrogens with zero attached hydrogens (tertiary/aromatic N) is 6. The normalized spacial score (nSPS) is 21.9. The van der Waals surface area contributed by atoms with Gasteiger partial charge in [0.25, 0.3) is 0 Å². The summed E-state index contributed by atoms with van der Waals surface area (Å²) in [6, 6.07) is 13.3. The Morgan fingerprint density at radius 3 is 2.50 bits per heavy atom. The number of alkyl halides is 1. The van der Waals surface area contributed by atoms with E-state index in [-0.39, 0.29) is 57.0 Å². The molecule has 5 aliphatic rings. The van der Waals surface area contributed by atoms with Gasteiger partial charge in [-0.3, -0.25) is 0 Å². The fourth-order valence-corrected chi connectivity index (χ4v) is 11.9. The highest BCUT2D eigenvalue weighted by molar-refractivity contribution is 7.22. The third-order valence-electron chi connectivity index (χ3n) is 14.3. The first-order valence-corrected chi connectivity index (χ1v) is 26.5. The molecule has 1 N–H and O–H groups in total. The number of benzene rings is 3. The van der Waals surface area contributed by atoms with Gasteiger partial charge in [-0.05, 0) is 110 Å². The highest BCUT2D eigenvalue weighted by atomic mass is 35.5. The highest BCUT2D eigenvalue weighted by Crippen LogP contribution is 2.52. The third-order valence-corrected chi connectivity index (χ3v) is 16.5. The van der Waals surface area contributed by atoms with Crippen LogP contribution in [0.1, 0.15) is 53.0 Å². The first kappa shape index (κ1) is 52.1. The summed E-state index contributed by atoms with van der Waals surface area (Å²) in [5, 5.41) is 12.4. The molecule has 74 heavy (non-hydrogen) atoms. The molecule has 4 atom stereocenters. The zero-order valence-corrected chi connectivity index (χ0v) is 43.8. The lowest BCUT2D eigenvalue weighted by molar-refractivity contribution is -0.145. The average molecular weight is 1070 g/mol. The Morgan fingerprint density at radius 2 is 1.77 bits per heavy atom. The predicted molar refractivity (Wildman–Crippen MR) is 280 cm³/mol. The van der Waals surface area contributed by atoms with E-state index in [9.17, 15) is 14.3 Å². The molecular formula is C55H58Cl2F2N6O8S. The number of fused-ring (bicyclic) bond motifs is 7. The number of allylic oxidation sites excluding steroid dienone is 2. The number of rotatable bonds is 12. The van der Waals surface area contributed by atoms with E-state index in [0.717, 1.165) is 65.4 Å². The second-order valence-electron chi connectivity index (χ2n) is 19.6. The molecular weight excluding hydrogens is 1010 g/mol. The van der Waals surface area contributed by atoms with Crippen molar-refractivity contribution in [3.8, 4) is 38.9 Å². The number of aromatic nitrogens is 4. The number of thiophene rings is 1. The van der Waals surface area contributed by atoms with Crippen molar-refractivity contribution in [3.63, 3.8) is 0 Å². The van der Waals surface area contributed by atoms with Crippen molar-refractivity contribution in [1.29, 1.82) is 0 Å². The van der Waals surface area contributed by atoms with Gasteiger partial charge in [0.05, 0.1) is 50.7 Å². The van der Waals surface area contributed by atoms with E-state index >= 15 is 4.39 Å². The summed E-state index contributed by atoms with van der Waals surface area (Å²) in [5.74, 6) is -0.263. The number of hydrogen-bond donors (Lipinski definition) is 1. The number of aliphatic carboxylic acids is 1. The monoisotopic (exact) mass is 1070 g/mol. The van der Waals surface area contributed by atoms with Crippen LogP contribution in [0.2, 0.25) is 10.0 Å². The minimum absolute atomic E-state index is 0.0178. The molecule has 2 saturated heterocycles. The molecule has 19 heteroatoms. The first-order chi connectivity index (χ1) is 35.8. The fourth-order valence-electron chi connectivity index (χ4n) is 10.2. The number of carboxylic acid groups (broad SMARTS) is 1. The summed E-state index contributed by atoms with van der Waals surface area (Å²) in [6.07, 6.45) is 4.36. The molecule has 0 saturated carbocycles. The Bertz CT molecular complexity index is 3010. The number of piperazine rings is 1. The maximum atomic E-state index is 15.8. The van der Waals surface area contributed by atoms with E-state index in [1.165, 1.54) is 29.8 Å². The molecule has 390 valence electrons. The summed E-state index contributed by atoms with van der Waals surface area (Å²) in [5.41, 5.74) is 4.80. The maximum Gasteiger partial charge on any atom is 0.345 e. The van der Waals surface area contributed by atoms with Gasteiger partial charge in [0.15, 0.2) is 5.82 Å². The summed E-state index contributed by atoms with van der Waals surface area (Å²) in [7, 11) is 2.13. The van der Waals surface area contributed by atoms with Gasteiger partial charge in [-0.2, -0.15) is 0 Å². The Hall–Kier alpha value is -5.37. The maximum absolute atomic E-state index is 15.8. The Labute approximate surface area is 442 Å². The fraction of sp³-hybridized carbons (Fsp3) is 0.436. The highest BCUT2D eigenvalue weighted by Gasteiger charge is 2.35. The van der Waals surface area contributed by atoms with Gasteiger partial charge >= 0.3 is 5.97 Å². The molecule has 14 nitrogen and oxygen atoms in total. The summed E-state index contributed by atoms with van der Waals surface area (Å²) in [4.78, 5) is 38.0. The summed E-state index contributed by atoms with van der Waals surface area (Å²) < 4.78 is 66.7. The lowest BCUT2D eigenvalue weighted by Gasteiger charge is -2.35. The van der Waals surface area contributed by atoms with Gasteiger partial charge in [-0.25, -0.2) is 33.5 Å². The number of halogens is 4. The van der Waals surface area contributed by atoms with Crippen LogP contribution in [0.4, 0.5) is 8.78 Å². The van der Waals surface area contributed by atoms with E-state index in [0.29, 0.717) is 99.2 Å². The number of carbonyl (C=O) groups is 1. The van der Waals surface area contributed by atoms with E-state index in [2.05, 4.69) is 31.8 Å². The Kier molecular flexibility index (Phi) is 16.1. The molecule has 3 aromatic heterocycles. The van der Waals surface area contributed by atoms with Crippen molar-refractivity contribution in [2.45, 2.75) is 70.4 Å². The lowest BCUT2D eigenvalue weighted by atomic mass is 9.87. The second-order valence-corrected chi connectivity index (χ2v) is 21.4. The standard InChI is InChI=1S/C55H58Cl2F2N6O8S/c1-32-45-33(2)49(57)42(48(32)56)22-34(25-65-18-16-64(3)17-19-65)26-71-40-8-9-43(72-27-39-12-15-60-51(63-39)36-10-13-55(59,14-11-36)30-69-29-41-28-68-20-21-70-41)37(23-40)24-44(54(66)67)73-52-47-46(45)50(74-53(47)62-31-61-52)35-4-6-38(58)7-5-35/h4-10,12,15,23,31,34,41,44H,11,13-14,16-22,24-30H2,1-3H3,(H,66,67)/t34-,41-,44-,55+/m1/s1. The van der Waals surface area contributed by atoms with Crippen molar-refractivity contribution in [2.24, 2.45) is 5.92 Å². The zero-order chi connectivity index (χ0) is 51.5. The molecule has 11 rings (SSSR count). The molecule has 0 amide bonds. The van der Waals surface area contributed by atoms with Crippen molar-refractivity contribution < 1.29 is 47.1 Å². The van der Waals surface area contributed by atoms with Gasteiger partial charge in [-0.15, -0.1) is 11.3 Å². The third kappa shape index (κ3) is 11.7. The molecule has 3 aromatic carbocycles. The van der Waals surface area contributed by atoms with Crippen molar-refractivity contribution in [2.75, 3.05) is 79.4 Å². The van der Waals surface area contributed by atoms with Crippen LogP contribution in [0, 0.1) is 25.6 Å². The largest absolute Gasteiger partial charge is 0.493 e. The lowest BCUT2D eigenvalue weighted by Crippen LogP contribution is -2.47. The first-order valence-electron chi connectivity index (χ1n) is 25.0. The second kappa shape index (κ2) is 22.8. The van der Waals surface area contributed by atoms with Crippen LogP contribution in [-0.4, -0.2) is 138 Å². The van der Waals surface area contributed by atoms with Crippen LogP contribution < -0.4 is 14.2 Å². The Morgan fingerprint density at radius 1 is 0.973 bits per heavy atom. The van der Waals surface area contributed by atoms with Crippen molar-refractivity contribution >= 4 is 56.3 Å². The smallest absolute Gasteiger partial charge is 0.345 e. The van der Waals surface area contributed by atoms with Crippen molar-refractivity contribution in [3.05, 3.63) is 117 Å².